The molecule has 0 bridgehead atoms. The molecule has 0 aromatic heterocycles. The minimum Gasteiger partial charge on any atom is -0.354 e. The molecule has 0 aliphatic rings. The number of aryl methyl sites for hydroxylation is 1. The zero-order valence-electron chi connectivity index (χ0n) is 11.1. The van der Waals surface area contributed by atoms with Gasteiger partial charge in [-0.05, 0) is 19.0 Å². The molecule has 0 amide bonds. The largest absolute Gasteiger partial charge is 0.354 e. The number of rotatable bonds is 6. The van der Waals surface area contributed by atoms with Gasteiger partial charge in [-0.2, -0.15) is 0 Å². The first-order chi connectivity index (χ1) is 8.56. The quantitative estimate of drug-likeness (QED) is 0.796. The van der Waals surface area contributed by atoms with Crippen molar-refractivity contribution >= 4 is 0 Å². The first-order valence-corrected chi connectivity index (χ1v) is 5.80. The summed E-state index contributed by atoms with van der Waals surface area (Å²) < 4.78 is 37.8. The van der Waals surface area contributed by atoms with E-state index in [-0.39, 0.29) is 11.1 Å². The van der Waals surface area contributed by atoms with E-state index in [0.717, 1.165) is 0 Å². The van der Waals surface area contributed by atoms with Gasteiger partial charge in [-0.1, -0.05) is 19.1 Å². The Morgan fingerprint density at radius 3 is 2.28 bits per heavy atom. The Hall–Kier alpha value is -1.04. The standard InChI is InChI=1S/C13H19F2NO2/c1-5-16-12(13(17-3)18-4)9-7-6-8(2)10(14)11(9)15/h6-7,12-13,16H,5H2,1-4H3. The van der Waals surface area contributed by atoms with Crippen molar-refractivity contribution in [2.75, 3.05) is 20.8 Å². The molecule has 0 heterocycles. The van der Waals surface area contributed by atoms with Crippen LogP contribution in [0.4, 0.5) is 8.78 Å². The third-order valence-electron chi connectivity index (χ3n) is 2.80. The highest BCUT2D eigenvalue weighted by Crippen LogP contribution is 2.25. The van der Waals surface area contributed by atoms with Crippen LogP contribution in [-0.4, -0.2) is 27.1 Å². The van der Waals surface area contributed by atoms with Gasteiger partial charge < -0.3 is 14.8 Å². The fraction of sp³-hybridized carbons (Fsp3) is 0.538. The number of methoxy groups -OCH3 is 2. The molecule has 1 unspecified atom stereocenters. The Morgan fingerprint density at radius 2 is 1.78 bits per heavy atom. The van der Waals surface area contributed by atoms with Crippen molar-refractivity contribution in [3.8, 4) is 0 Å². The van der Waals surface area contributed by atoms with E-state index < -0.39 is 24.0 Å². The minimum atomic E-state index is -0.861. The molecular formula is C13H19F2NO2. The van der Waals surface area contributed by atoms with Crippen LogP contribution in [0.15, 0.2) is 12.1 Å². The van der Waals surface area contributed by atoms with Crippen LogP contribution in [0.5, 0.6) is 0 Å². The van der Waals surface area contributed by atoms with Crippen LogP contribution in [0.25, 0.3) is 0 Å². The summed E-state index contributed by atoms with van der Waals surface area (Å²) in [6.07, 6.45) is -0.679. The summed E-state index contributed by atoms with van der Waals surface area (Å²) in [5.41, 5.74) is 0.478. The summed E-state index contributed by atoms with van der Waals surface area (Å²) in [4.78, 5) is 0. The van der Waals surface area contributed by atoms with Crippen LogP contribution < -0.4 is 5.32 Å². The monoisotopic (exact) mass is 259 g/mol. The van der Waals surface area contributed by atoms with E-state index in [1.165, 1.54) is 21.1 Å². The van der Waals surface area contributed by atoms with Crippen molar-refractivity contribution in [1.29, 1.82) is 0 Å². The minimum absolute atomic E-state index is 0.202. The van der Waals surface area contributed by atoms with Crippen LogP contribution in [0, 0.1) is 18.6 Å². The van der Waals surface area contributed by atoms with Crippen molar-refractivity contribution in [2.24, 2.45) is 0 Å². The van der Waals surface area contributed by atoms with Gasteiger partial charge in [0.1, 0.15) is 0 Å². The molecule has 0 saturated carbocycles. The second-order valence-corrected chi connectivity index (χ2v) is 3.97. The van der Waals surface area contributed by atoms with E-state index in [2.05, 4.69) is 5.32 Å². The first kappa shape index (κ1) is 15.0. The Kier molecular flexibility index (Phi) is 5.65. The van der Waals surface area contributed by atoms with E-state index >= 15 is 0 Å². The number of ether oxygens (including phenoxy) is 2. The number of halogens is 2. The number of likely N-dealkylation sites (N-methyl/N-ethyl adjacent to an activating group) is 1. The van der Waals surface area contributed by atoms with Crippen LogP contribution in [0.2, 0.25) is 0 Å². The van der Waals surface area contributed by atoms with Gasteiger partial charge in [-0.15, -0.1) is 0 Å². The molecule has 102 valence electrons. The number of nitrogens with one attached hydrogen (secondary N) is 1. The van der Waals surface area contributed by atoms with E-state index in [1.54, 1.807) is 12.1 Å². The van der Waals surface area contributed by atoms with Gasteiger partial charge in [0.25, 0.3) is 0 Å². The van der Waals surface area contributed by atoms with Crippen LogP contribution in [0.1, 0.15) is 24.1 Å². The van der Waals surface area contributed by atoms with Gasteiger partial charge in [-0.25, -0.2) is 8.78 Å². The lowest BCUT2D eigenvalue weighted by Crippen LogP contribution is -2.35. The van der Waals surface area contributed by atoms with Gasteiger partial charge >= 0.3 is 0 Å². The summed E-state index contributed by atoms with van der Waals surface area (Å²) in [5.74, 6) is -1.69. The molecule has 1 rings (SSSR count). The van der Waals surface area contributed by atoms with Crippen molar-refractivity contribution in [3.05, 3.63) is 34.9 Å². The molecule has 0 saturated heterocycles. The number of hydrogen-bond donors (Lipinski definition) is 1. The molecule has 1 atom stereocenters. The Balaban J connectivity index is 3.17. The van der Waals surface area contributed by atoms with E-state index in [4.69, 9.17) is 9.47 Å². The highest BCUT2D eigenvalue weighted by atomic mass is 19.2. The Labute approximate surface area is 106 Å². The van der Waals surface area contributed by atoms with Crippen molar-refractivity contribution in [2.45, 2.75) is 26.2 Å². The van der Waals surface area contributed by atoms with E-state index in [9.17, 15) is 8.78 Å². The third-order valence-corrected chi connectivity index (χ3v) is 2.80. The summed E-state index contributed by atoms with van der Waals surface area (Å²) in [6, 6.07) is 2.53. The summed E-state index contributed by atoms with van der Waals surface area (Å²) in [7, 11) is 2.92. The maximum atomic E-state index is 13.9. The first-order valence-electron chi connectivity index (χ1n) is 5.80. The van der Waals surface area contributed by atoms with Crippen molar-refractivity contribution in [3.63, 3.8) is 0 Å². The zero-order chi connectivity index (χ0) is 13.7. The highest BCUT2D eigenvalue weighted by Gasteiger charge is 2.26. The molecule has 0 aliphatic carbocycles. The summed E-state index contributed by atoms with van der Waals surface area (Å²) in [5, 5.41) is 3.03. The molecule has 0 aliphatic heterocycles. The van der Waals surface area contributed by atoms with Gasteiger partial charge in [0.05, 0.1) is 6.04 Å². The molecule has 5 heteroatoms. The molecule has 18 heavy (non-hydrogen) atoms. The van der Waals surface area contributed by atoms with Crippen LogP contribution in [-0.2, 0) is 9.47 Å². The smallest absolute Gasteiger partial charge is 0.176 e. The molecule has 1 aromatic carbocycles. The summed E-state index contributed by atoms with van der Waals surface area (Å²) >= 11 is 0. The molecule has 1 N–H and O–H groups in total. The average molecular weight is 259 g/mol. The van der Waals surface area contributed by atoms with E-state index in [0.29, 0.717) is 6.54 Å². The second kappa shape index (κ2) is 6.78. The Morgan fingerprint density at radius 1 is 1.17 bits per heavy atom. The van der Waals surface area contributed by atoms with Crippen LogP contribution >= 0.6 is 0 Å². The predicted octanol–water partition coefficient (Wildman–Crippen LogP) is 2.54. The maximum absolute atomic E-state index is 13.9. The lowest BCUT2D eigenvalue weighted by Gasteiger charge is -2.26. The maximum Gasteiger partial charge on any atom is 0.176 e. The lowest BCUT2D eigenvalue weighted by atomic mass is 10.0. The van der Waals surface area contributed by atoms with Crippen molar-refractivity contribution < 1.29 is 18.3 Å². The van der Waals surface area contributed by atoms with Crippen molar-refractivity contribution in [1.82, 2.24) is 5.32 Å². The summed E-state index contributed by atoms with van der Waals surface area (Å²) in [6.45, 7) is 3.98. The normalized spacial score (nSPS) is 13.1. The molecule has 0 fully saturated rings. The predicted molar refractivity (Wildman–Crippen MR) is 65.3 cm³/mol. The Bertz CT molecular complexity index is 395. The second-order valence-electron chi connectivity index (χ2n) is 3.97. The van der Waals surface area contributed by atoms with Gasteiger partial charge in [0.2, 0.25) is 0 Å². The number of hydrogen-bond acceptors (Lipinski definition) is 3. The zero-order valence-corrected chi connectivity index (χ0v) is 11.1. The third kappa shape index (κ3) is 3.04. The highest BCUT2D eigenvalue weighted by molar-refractivity contribution is 5.28. The molecule has 0 spiro atoms. The molecule has 0 radical (unpaired) electrons. The molecule has 3 nitrogen and oxygen atoms in total. The van der Waals surface area contributed by atoms with Gasteiger partial charge in [0.15, 0.2) is 17.9 Å². The number of benzene rings is 1. The molecule has 1 aromatic rings. The fourth-order valence-electron chi connectivity index (χ4n) is 1.84. The van der Waals surface area contributed by atoms with E-state index in [1.807, 2.05) is 6.92 Å². The lowest BCUT2D eigenvalue weighted by molar-refractivity contribution is -0.124. The van der Waals surface area contributed by atoms with Crippen LogP contribution in [0.3, 0.4) is 0 Å². The SMILES string of the molecule is CCNC(c1ccc(C)c(F)c1F)C(OC)OC. The van der Waals surface area contributed by atoms with Gasteiger partial charge in [0, 0.05) is 19.8 Å². The topological polar surface area (TPSA) is 30.5 Å². The fourth-order valence-corrected chi connectivity index (χ4v) is 1.84. The molecular weight excluding hydrogens is 240 g/mol. The van der Waals surface area contributed by atoms with Gasteiger partial charge in [-0.3, -0.25) is 0 Å². The average Bonchev–Trinajstić information content (AvgIpc) is 2.37.